The Kier molecular flexibility index (Phi) is 6.14. The summed E-state index contributed by atoms with van der Waals surface area (Å²) in [7, 11) is 1.56. The highest BCUT2D eigenvalue weighted by molar-refractivity contribution is 6.30. The van der Waals surface area contributed by atoms with Gasteiger partial charge in [-0.05, 0) is 37.3 Å². The summed E-state index contributed by atoms with van der Waals surface area (Å²) < 4.78 is 44.8. The minimum absolute atomic E-state index is 0.0176. The van der Waals surface area contributed by atoms with Crippen LogP contribution in [0.3, 0.4) is 0 Å². The lowest BCUT2D eigenvalue weighted by atomic mass is 10.1. The van der Waals surface area contributed by atoms with Crippen molar-refractivity contribution in [1.29, 1.82) is 0 Å². The second-order valence-electron chi connectivity index (χ2n) is 6.32. The van der Waals surface area contributed by atoms with E-state index in [2.05, 4.69) is 27.1 Å². The zero-order valence-electron chi connectivity index (χ0n) is 15.6. The summed E-state index contributed by atoms with van der Waals surface area (Å²) in [6, 6.07) is 8.89. The summed E-state index contributed by atoms with van der Waals surface area (Å²) in [6.45, 7) is 1.87. The fourth-order valence-corrected chi connectivity index (χ4v) is 2.96. The molecular weight excluding hydrogens is 403 g/mol. The number of nitrogens with zero attached hydrogens (tertiary/aromatic N) is 2. The number of methoxy groups -OCH3 is 1. The normalized spacial score (nSPS) is 12.2. The number of ether oxygens (including phenoxy) is 1. The number of halogens is 4. The maximum atomic E-state index is 13.1. The number of anilines is 1. The van der Waals surface area contributed by atoms with Crippen LogP contribution < -0.4 is 10.1 Å². The lowest BCUT2D eigenvalue weighted by molar-refractivity contribution is -0.137. The van der Waals surface area contributed by atoms with Gasteiger partial charge in [0.2, 0.25) is 0 Å². The molecule has 0 bridgehead atoms. The summed E-state index contributed by atoms with van der Waals surface area (Å²) in [6.07, 6.45) is -2.78. The fourth-order valence-electron chi connectivity index (χ4n) is 2.78. The number of nitrogens with one attached hydrogen (secondary N) is 1. The number of rotatable bonds is 4. The Bertz CT molecular complexity index is 1090. The number of aromatic nitrogens is 2. The van der Waals surface area contributed by atoms with Gasteiger partial charge >= 0.3 is 6.18 Å². The van der Waals surface area contributed by atoms with Gasteiger partial charge in [-0.1, -0.05) is 29.5 Å². The maximum Gasteiger partial charge on any atom is 0.417 e. The van der Waals surface area contributed by atoms with Crippen LogP contribution in [0.25, 0.3) is 10.9 Å². The molecule has 0 fully saturated rings. The molecule has 29 heavy (non-hydrogen) atoms. The molecule has 1 unspecified atom stereocenters. The van der Waals surface area contributed by atoms with Crippen LogP contribution in [0, 0.1) is 11.8 Å². The molecule has 0 aliphatic rings. The third-order valence-electron chi connectivity index (χ3n) is 4.15. The average Bonchev–Trinajstić information content (AvgIpc) is 2.68. The van der Waals surface area contributed by atoms with Crippen molar-refractivity contribution in [3.63, 3.8) is 0 Å². The summed E-state index contributed by atoms with van der Waals surface area (Å²) in [5.74, 6) is 6.63. The highest BCUT2D eigenvalue weighted by atomic mass is 35.5. The number of hydrogen-bond donors (Lipinski definition) is 1. The van der Waals surface area contributed by atoms with E-state index in [0.29, 0.717) is 23.5 Å². The first kappa shape index (κ1) is 20.7. The number of hydrogen-bond acceptors (Lipinski definition) is 4. The largest absolute Gasteiger partial charge is 0.494 e. The third-order valence-corrected chi connectivity index (χ3v) is 4.38. The Morgan fingerprint density at radius 3 is 2.72 bits per heavy atom. The van der Waals surface area contributed by atoms with E-state index in [-0.39, 0.29) is 16.6 Å². The van der Waals surface area contributed by atoms with Crippen LogP contribution in [0.1, 0.15) is 24.5 Å². The molecular formula is C21H17ClF3N3O. The zero-order chi connectivity index (χ0) is 21.0. The van der Waals surface area contributed by atoms with Crippen LogP contribution in [0.4, 0.5) is 19.0 Å². The second kappa shape index (κ2) is 8.58. The van der Waals surface area contributed by atoms with Crippen molar-refractivity contribution in [3.05, 3.63) is 58.9 Å². The van der Waals surface area contributed by atoms with Gasteiger partial charge in [0.05, 0.1) is 12.7 Å². The predicted molar refractivity (Wildman–Crippen MR) is 107 cm³/mol. The Morgan fingerprint density at radius 2 is 2.00 bits per heavy atom. The first-order valence-electron chi connectivity index (χ1n) is 8.69. The molecule has 0 aliphatic heterocycles. The molecule has 4 nitrogen and oxygen atoms in total. The van der Waals surface area contributed by atoms with E-state index in [1.54, 1.807) is 13.2 Å². The molecule has 1 atom stereocenters. The lowest BCUT2D eigenvalue weighted by Gasteiger charge is -2.14. The van der Waals surface area contributed by atoms with Gasteiger partial charge in [-0.2, -0.15) is 13.2 Å². The molecule has 1 N–H and O–H groups in total. The van der Waals surface area contributed by atoms with Crippen LogP contribution in [-0.4, -0.2) is 23.1 Å². The zero-order valence-corrected chi connectivity index (χ0v) is 16.4. The Morgan fingerprint density at radius 1 is 1.21 bits per heavy atom. The van der Waals surface area contributed by atoms with E-state index < -0.39 is 11.7 Å². The molecule has 0 saturated carbocycles. The van der Waals surface area contributed by atoms with Crippen molar-refractivity contribution in [3.8, 4) is 17.6 Å². The summed E-state index contributed by atoms with van der Waals surface area (Å²) in [5, 5.41) is 4.02. The summed E-state index contributed by atoms with van der Waals surface area (Å²) >= 11 is 5.69. The molecule has 1 aromatic heterocycles. The molecule has 0 aliphatic carbocycles. The maximum absolute atomic E-state index is 13.1. The van der Waals surface area contributed by atoms with E-state index in [1.807, 2.05) is 19.1 Å². The molecule has 0 spiro atoms. The minimum Gasteiger partial charge on any atom is -0.494 e. The predicted octanol–water partition coefficient (Wildman–Crippen LogP) is 5.55. The molecule has 150 valence electrons. The molecule has 2 aromatic carbocycles. The van der Waals surface area contributed by atoms with Crippen molar-refractivity contribution < 1.29 is 17.9 Å². The van der Waals surface area contributed by atoms with Crippen LogP contribution in [-0.2, 0) is 6.18 Å². The fraction of sp³-hybridized carbons (Fsp3) is 0.238. The van der Waals surface area contributed by atoms with Crippen molar-refractivity contribution >= 4 is 28.3 Å². The van der Waals surface area contributed by atoms with E-state index in [4.69, 9.17) is 16.3 Å². The lowest BCUT2D eigenvalue weighted by Crippen LogP contribution is -2.15. The monoisotopic (exact) mass is 419 g/mol. The van der Waals surface area contributed by atoms with Crippen molar-refractivity contribution in [2.45, 2.75) is 25.6 Å². The van der Waals surface area contributed by atoms with Crippen molar-refractivity contribution in [2.75, 3.05) is 12.4 Å². The van der Waals surface area contributed by atoms with Crippen LogP contribution in [0.2, 0.25) is 5.02 Å². The number of alkyl halides is 3. The van der Waals surface area contributed by atoms with Gasteiger partial charge in [0.25, 0.3) is 0 Å². The van der Waals surface area contributed by atoms with Gasteiger partial charge in [-0.25, -0.2) is 9.97 Å². The highest BCUT2D eigenvalue weighted by Gasteiger charge is 2.33. The summed E-state index contributed by atoms with van der Waals surface area (Å²) in [4.78, 5) is 8.50. The molecule has 1 heterocycles. The molecule has 8 heteroatoms. The standard InChI is InChI=1S/C21H17ClF3N3O/c1-13(5-3-6-14-9-10-15(22)11-17(14)21(23,24)25)28-20-16-7-4-8-18(29-2)19(16)26-12-27-20/h4,7-13H,5H2,1-2H3,(H,26,27,28). The van der Waals surface area contributed by atoms with E-state index in [0.717, 1.165) is 11.5 Å². The van der Waals surface area contributed by atoms with E-state index in [9.17, 15) is 13.2 Å². The van der Waals surface area contributed by atoms with Gasteiger partial charge in [0.15, 0.2) is 0 Å². The van der Waals surface area contributed by atoms with Crippen molar-refractivity contribution in [2.24, 2.45) is 0 Å². The molecule has 0 saturated heterocycles. The Labute approximate surface area is 171 Å². The van der Waals surface area contributed by atoms with Gasteiger partial charge in [-0.3, -0.25) is 0 Å². The quantitative estimate of drug-likeness (QED) is 0.563. The third kappa shape index (κ3) is 4.90. The number of para-hydroxylation sites is 1. The molecule has 0 amide bonds. The molecule has 3 aromatic rings. The first-order valence-corrected chi connectivity index (χ1v) is 9.07. The van der Waals surface area contributed by atoms with Gasteiger partial charge in [-0.15, -0.1) is 0 Å². The van der Waals surface area contributed by atoms with Crippen LogP contribution >= 0.6 is 11.6 Å². The van der Waals surface area contributed by atoms with Crippen LogP contribution in [0.15, 0.2) is 42.7 Å². The van der Waals surface area contributed by atoms with Crippen LogP contribution in [0.5, 0.6) is 5.75 Å². The van der Waals surface area contributed by atoms with Gasteiger partial charge in [0.1, 0.15) is 23.4 Å². The minimum atomic E-state index is -4.52. The average molecular weight is 420 g/mol. The topological polar surface area (TPSA) is 47.0 Å². The van der Waals surface area contributed by atoms with E-state index >= 15 is 0 Å². The van der Waals surface area contributed by atoms with Crippen molar-refractivity contribution in [1.82, 2.24) is 9.97 Å². The number of fused-ring (bicyclic) bond motifs is 1. The molecule has 3 rings (SSSR count). The smallest absolute Gasteiger partial charge is 0.417 e. The SMILES string of the molecule is COc1cccc2c(NC(C)CC#Cc3ccc(Cl)cc3C(F)(F)F)ncnc12. The number of benzene rings is 2. The van der Waals surface area contributed by atoms with E-state index in [1.165, 1.54) is 18.5 Å². The second-order valence-corrected chi connectivity index (χ2v) is 6.75. The Balaban J connectivity index is 1.78. The Hall–Kier alpha value is -2.98. The summed E-state index contributed by atoms with van der Waals surface area (Å²) in [5.41, 5.74) is -0.278. The molecule has 0 radical (unpaired) electrons. The first-order chi connectivity index (χ1) is 13.8. The van der Waals surface area contributed by atoms with Gasteiger partial charge < -0.3 is 10.1 Å². The highest BCUT2D eigenvalue weighted by Crippen LogP contribution is 2.33. The van der Waals surface area contributed by atoms with Gasteiger partial charge in [0, 0.05) is 28.4 Å².